The lowest BCUT2D eigenvalue weighted by molar-refractivity contribution is 0.102. The van der Waals surface area contributed by atoms with Gasteiger partial charge in [-0.3, -0.25) is 4.79 Å². The molecule has 174 valence electrons. The monoisotopic (exact) mass is 492 g/mol. The maximum atomic E-state index is 12.9. The molecule has 7 heteroatoms. The fourth-order valence-corrected chi connectivity index (χ4v) is 4.19. The number of aromatic nitrogens is 1. The van der Waals surface area contributed by atoms with Crippen LogP contribution >= 0.6 is 11.6 Å². The van der Waals surface area contributed by atoms with Gasteiger partial charge in [0.05, 0.1) is 5.56 Å². The number of hydrogen-bond acceptors (Lipinski definition) is 5. The number of nitrogens with one attached hydrogen (secondary N) is 1. The average Bonchev–Trinajstić information content (AvgIpc) is 3.32. The fraction of sp³-hybridized carbons (Fsp3) is 0. The van der Waals surface area contributed by atoms with Crippen molar-refractivity contribution in [3.63, 3.8) is 0 Å². The standard InChI is InChI=1S/C29H17ClN2O4/c30-21-12-13-26-24(16-21)32-28(35-26)20-5-3-6-22(14-20)31-27(33)18-10-8-17(9-11-18)23-15-19-4-1-2-7-25(19)36-29(23)34/h1-16H,(H,31,33). The summed E-state index contributed by atoms with van der Waals surface area (Å²) in [7, 11) is 0. The minimum atomic E-state index is -0.427. The molecule has 0 spiro atoms. The minimum Gasteiger partial charge on any atom is -0.436 e. The van der Waals surface area contributed by atoms with Crippen molar-refractivity contribution in [3.8, 4) is 22.6 Å². The zero-order valence-corrected chi connectivity index (χ0v) is 19.5. The molecule has 6 aromatic rings. The number of carbonyl (C=O) groups is 1. The fourth-order valence-electron chi connectivity index (χ4n) is 4.02. The molecule has 0 saturated heterocycles. The van der Waals surface area contributed by atoms with Gasteiger partial charge in [0, 0.05) is 27.2 Å². The van der Waals surface area contributed by atoms with E-state index in [4.69, 9.17) is 20.4 Å². The number of oxazole rings is 1. The van der Waals surface area contributed by atoms with Gasteiger partial charge < -0.3 is 14.2 Å². The van der Waals surface area contributed by atoms with Crippen molar-refractivity contribution in [1.82, 2.24) is 4.98 Å². The zero-order valence-electron chi connectivity index (χ0n) is 18.7. The Labute approximate surface area is 209 Å². The van der Waals surface area contributed by atoms with Gasteiger partial charge in [0.2, 0.25) is 5.89 Å². The van der Waals surface area contributed by atoms with E-state index in [2.05, 4.69) is 10.3 Å². The van der Waals surface area contributed by atoms with E-state index >= 15 is 0 Å². The predicted molar refractivity (Wildman–Crippen MR) is 140 cm³/mol. The first-order valence-electron chi connectivity index (χ1n) is 11.1. The lowest BCUT2D eigenvalue weighted by atomic mass is 10.0. The summed E-state index contributed by atoms with van der Waals surface area (Å²) in [6.45, 7) is 0. The lowest BCUT2D eigenvalue weighted by Gasteiger charge is -2.08. The highest BCUT2D eigenvalue weighted by molar-refractivity contribution is 6.31. The van der Waals surface area contributed by atoms with Crippen molar-refractivity contribution >= 4 is 45.3 Å². The number of benzene rings is 4. The topological polar surface area (TPSA) is 85.3 Å². The van der Waals surface area contributed by atoms with Crippen molar-refractivity contribution in [3.05, 3.63) is 118 Å². The summed E-state index contributed by atoms with van der Waals surface area (Å²) in [5.41, 5.74) is 4.27. The van der Waals surface area contributed by atoms with Gasteiger partial charge in [-0.05, 0) is 66.2 Å². The second kappa shape index (κ2) is 8.83. The molecule has 0 aliphatic carbocycles. The first kappa shape index (κ1) is 21.8. The van der Waals surface area contributed by atoms with Crippen LogP contribution in [0.5, 0.6) is 0 Å². The third kappa shape index (κ3) is 4.15. The van der Waals surface area contributed by atoms with Gasteiger partial charge in [-0.15, -0.1) is 0 Å². The van der Waals surface area contributed by atoms with Gasteiger partial charge in [-0.25, -0.2) is 9.78 Å². The zero-order chi connectivity index (χ0) is 24.6. The molecule has 0 unspecified atom stereocenters. The van der Waals surface area contributed by atoms with Crippen molar-refractivity contribution in [2.45, 2.75) is 0 Å². The number of amides is 1. The number of anilines is 1. The molecule has 2 aromatic heterocycles. The first-order chi connectivity index (χ1) is 17.5. The van der Waals surface area contributed by atoms with Gasteiger partial charge in [0.15, 0.2) is 5.58 Å². The van der Waals surface area contributed by atoms with Crippen LogP contribution in [0.25, 0.3) is 44.7 Å². The Balaban J connectivity index is 1.23. The van der Waals surface area contributed by atoms with E-state index in [1.807, 2.05) is 30.3 Å². The second-order valence-corrected chi connectivity index (χ2v) is 8.67. The van der Waals surface area contributed by atoms with E-state index in [1.54, 1.807) is 66.7 Å². The normalized spacial score (nSPS) is 11.1. The molecule has 0 aliphatic rings. The summed E-state index contributed by atoms with van der Waals surface area (Å²) in [4.78, 5) is 29.8. The van der Waals surface area contributed by atoms with Gasteiger partial charge in [-0.1, -0.05) is 48.0 Å². The minimum absolute atomic E-state index is 0.284. The molecular weight excluding hydrogens is 476 g/mol. The van der Waals surface area contributed by atoms with E-state index in [0.29, 0.717) is 50.0 Å². The first-order valence-corrected chi connectivity index (χ1v) is 11.5. The van der Waals surface area contributed by atoms with E-state index in [9.17, 15) is 9.59 Å². The molecule has 1 N–H and O–H groups in total. The number of halogens is 1. The van der Waals surface area contributed by atoms with E-state index in [-0.39, 0.29) is 5.91 Å². The Hall–Kier alpha value is -4.68. The maximum Gasteiger partial charge on any atom is 0.344 e. The van der Waals surface area contributed by atoms with Crippen molar-refractivity contribution in [2.75, 3.05) is 5.32 Å². The second-order valence-electron chi connectivity index (χ2n) is 8.23. The van der Waals surface area contributed by atoms with Gasteiger partial charge >= 0.3 is 5.63 Å². The molecule has 0 aliphatic heterocycles. The molecule has 0 atom stereocenters. The quantitative estimate of drug-likeness (QED) is 0.263. The number of para-hydroxylation sites is 1. The van der Waals surface area contributed by atoms with Crippen LogP contribution in [0, 0.1) is 0 Å². The summed E-state index contributed by atoms with van der Waals surface area (Å²) in [5, 5.41) is 4.31. The van der Waals surface area contributed by atoms with Gasteiger partial charge in [0.1, 0.15) is 11.1 Å². The number of rotatable bonds is 4. The molecule has 36 heavy (non-hydrogen) atoms. The Kier molecular flexibility index (Phi) is 5.36. The Morgan fingerprint density at radius 2 is 1.61 bits per heavy atom. The SMILES string of the molecule is O=C(Nc1cccc(-c2nc3cc(Cl)ccc3o2)c1)c1ccc(-c2cc3ccccc3oc2=O)cc1. The van der Waals surface area contributed by atoms with E-state index < -0.39 is 5.63 Å². The Morgan fingerprint density at radius 1 is 0.778 bits per heavy atom. The van der Waals surface area contributed by atoms with Gasteiger partial charge in [0.25, 0.3) is 5.91 Å². The van der Waals surface area contributed by atoms with Crippen molar-refractivity contribution in [2.24, 2.45) is 0 Å². The summed E-state index contributed by atoms with van der Waals surface area (Å²) >= 11 is 6.04. The van der Waals surface area contributed by atoms with Crippen LogP contribution in [0.4, 0.5) is 5.69 Å². The van der Waals surface area contributed by atoms with Crippen LogP contribution in [-0.2, 0) is 0 Å². The summed E-state index contributed by atoms with van der Waals surface area (Å²) in [5.74, 6) is 0.149. The molecule has 0 saturated carbocycles. The number of hydrogen-bond donors (Lipinski definition) is 1. The third-order valence-corrected chi connectivity index (χ3v) is 6.05. The highest BCUT2D eigenvalue weighted by Gasteiger charge is 2.13. The van der Waals surface area contributed by atoms with Crippen molar-refractivity contribution in [1.29, 1.82) is 0 Å². The van der Waals surface area contributed by atoms with Gasteiger partial charge in [-0.2, -0.15) is 0 Å². The molecular formula is C29H17ClN2O4. The largest absolute Gasteiger partial charge is 0.436 e. The number of carbonyl (C=O) groups excluding carboxylic acids is 1. The predicted octanol–water partition coefficient (Wildman–Crippen LogP) is 7.17. The molecule has 0 bridgehead atoms. The Bertz CT molecular complexity index is 1820. The molecule has 0 radical (unpaired) electrons. The highest BCUT2D eigenvalue weighted by Crippen LogP contribution is 2.28. The number of nitrogens with zero attached hydrogens (tertiary/aromatic N) is 1. The summed E-state index contributed by atoms with van der Waals surface area (Å²) in [6.07, 6.45) is 0. The smallest absolute Gasteiger partial charge is 0.344 e. The van der Waals surface area contributed by atoms with Crippen LogP contribution in [-0.4, -0.2) is 10.9 Å². The van der Waals surface area contributed by atoms with Crippen LogP contribution in [0.1, 0.15) is 10.4 Å². The Morgan fingerprint density at radius 3 is 2.47 bits per heavy atom. The van der Waals surface area contributed by atoms with E-state index in [1.165, 1.54) is 0 Å². The van der Waals surface area contributed by atoms with Crippen LogP contribution < -0.4 is 10.9 Å². The highest BCUT2D eigenvalue weighted by atomic mass is 35.5. The van der Waals surface area contributed by atoms with E-state index in [0.717, 1.165) is 10.9 Å². The molecule has 4 aromatic carbocycles. The molecule has 6 rings (SSSR count). The van der Waals surface area contributed by atoms with Crippen LogP contribution in [0.15, 0.2) is 111 Å². The number of fused-ring (bicyclic) bond motifs is 2. The summed E-state index contributed by atoms with van der Waals surface area (Å²) in [6, 6.07) is 28.4. The van der Waals surface area contributed by atoms with Crippen LogP contribution in [0.3, 0.4) is 0 Å². The molecule has 6 nitrogen and oxygen atoms in total. The molecule has 1 amide bonds. The molecule has 2 heterocycles. The third-order valence-electron chi connectivity index (χ3n) is 5.82. The lowest BCUT2D eigenvalue weighted by Crippen LogP contribution is -2.12. The molecule has 0 fully saturated rings. The maximum absolute atomic E-state index is 12.9. The van der Waals surface area contributed by atoms with Crippen molar-refractivity contribution < 1.29 is 13.6 Å². The van der Waals surface area contributed by atoms with Crippen LogP contribution in [0.2, 0.25) is 5.02 Å². The summed E-state index contributed by atoms with van der Waals surface area (Å²) < 4.78 is 11.3. The average molecular weight is 493 g/mol.